The first-order valence-electron chi connectivity index (χ1n) is 5.02. The molecule has 78 valence electrons. The van der Waals surface area contributed by atoms with Gasteiger partial charge in [-0.15, -0.1) is 0 Å². The van der Waals surface area contributed by atoms with E-state index in [9.17, 15) is 4.79 Å². The normalized spacial score (nSPS) is 9.33. The van der Waals surface area contributed by atoms with Crippen LogP contribution < -0.4 is 4.90 Å². The van der Waals surface area contributed by atoms with Gasteiger partial charge < -0.3 is 0 Å². The van der Waals surface area contributed by atoms with Gasteiger partial charge in [0.2, 0.25) is 5.91 Å². The fourth-order valence-corrected chi connectivity index (χ4v) is 1.35. The smallest absolute Gasteiger partial charge is 0.227 e. The van der Waals surface area contributed by atoms with Crippen molar-refractivity contribution in [3.8, 4) is 6.07 Å². The van der Waals surface area contributed by atoms with E-state index in [1.165, 1.54) is 4.90 Å². The van der Waals surface area contributed by atoms with Crippen LogP contribution in [0.3, 0.4) is 0 Å². The Balaban J connectivity index is 2.84. The predicted molar refractivity (Wildman–Crippen MR) is 59.3 cm³/mol. The molecule has 0 saturated heterocycles. The summed E-state index contributed by atoms with van der Waals surface area (Å²) >= 11 is 0. The fourth-order valence-electron chi connectivity index (χ4n) is 1.35. The van der Waals surface area contributed by atoms with E-state index >= 15 is 0 Å². The molecule has 0 spiro atoms. The van der Waals surface area contributed by atoms with Crippen LogP contribution in [0.2, 0.25) is 0 Å². The molecule has 1 aromatic carbocycles. The molecule has 0 aliphatic carbocycles. The number of carbonyl (C=O) groups excluding carboxylic acids is 1. The average molecular weight is 202 g/mol. The number of rotatable bonds is 4. The molecule has 0 unspecified atom stereocenters. The molecular formula is C12H14N2O. The van der Waals surface area contributed by atoms with E-state index in [2.05, 4.69) is 0 Å². The Morgan fingerprint density at radius 1 is 1.40 bits per heavy atom. The number of carbonyl (C=O) groups is 1. The Bertz CT molecular complexity index is 354. The molecule has 0 radical (unpaired) electrons. The van der Waals surface area contributed by atoms with E-state index in [0.717, 1.165) is 12.1 Å². The largest absolute Gasteiger partial charge is 0.299 e. The summed E-state index contributed by atoms with van der Waals surface area (Å²) in [6.07, 6.45) is 1.28. The highest BCUT2D eigenvalue weighted by molar-refractivity contribution is 5.93. The zero-order chi connectivity index (χ0) is 11.1. The molecule has 1 rings (SSSR count). The van der Waals surface area contributed by atoms with Crippen LogP contribution in [0, 0.1) is 11.3 Å². The third kappa shape index (κ3) is 3.10. The Labute approximate surface area is 89.9 Å². The maximum Gasteiger partial charge on any atom is 0.227 e. The minimum Gasteiger partial charge on any atom is -0.299 e. The lowest BCUT2D eigenvalue weighted by Gasteiger charge is -2.19. The molecule has 0 aliphatic heterocycles. The number of nitriles is 1. The lowest BCUT2D eigenvalue weighted by atomic mass is 10.2. The van der Waals surface area contributed by atoms with Gasteiger partial charge in [0.05, 0.1) is 6.07 Å². The zero-order valence-corrected chi connectivity index (χ0v) is 8.81. The van der Waals surface area contributed by atoms with E-state index in [4.69, 9.17) is 5.26 Å². The van der Waals surface area contributed by atoms with Crippen molar-refractivity contribution in [2.24, 2.45) is 0 Å². The van der Waals surface area contributed by atoms with Gasteiger partial charge in [-0.25, -0.2) is 0 Å². The van der Waals surface area contributed by atoms with Crippen molar-refractivity contribution in [1.82, 2.24) is 0 Å². The molecule has 0 fully saturated rings. The van der Waals surface area contributed by atoms with E-state index in [0.29, 0.717) is 6.42 Å². The molecule has 1 aromatic rings. The van der Waals surface area contributed by atoms with Gasteiger partial charge in [-0.05, 0) is 18.6 Å². The van der Waals surface area contributed by atoms with Crippen LogP contribution in [-0.2, 0) is 4.79 Å². The molecule has 0 aliphatic rings. The molecule has 0 saturated carbocycles. The average Bonchev–Trinajstić information content (AvgIpc) is 2.27. The lowest BCUT2D eigenvalue weighted by Crippen LogP contribution is -2.30. The van der Waals surface area contributed by atoms with Crippen LogP contribution in [0.1, 0.15) is 19.8 Å². The van der Waals surface area contributed by atoms with Crippen LogP contribution in [0.5, 0.6) is 0 Å². The van der Waals surface area contributed by atoms with E-state index in [1.54, 1.807) is 0 Å². The highest BCUT2D eigenvalue weighted by atomic mass is 16.2. The molecule has 0 bridgehead atoms. The molecule has 0 N–H and O–H groups in total. The minimum atomic E-state index is 0.00486. The third-order valence-corrected chi connectivity index (χ3v) is 2.06. The SMILES string of the molecule is CCCC(=O)N(CC#N)c1ccccc1. The number of hydrogen-bond acceptors (Lipinski definition) is 2. The van der Waals surface area contributed by atoms with Crippen LogP contribution in [-0.4, -0.2) is 12.5 Å². The summed E-state index contributed by atoms with van der Waals surface area (Å²) in [6.45, 7) is 2.07. The molecule has 0 heterocycles. The van der Waals surface area contributed by atoms with Gasteiger partial charge in [0.15, 0.2) is 0 Å². The van der Waals surface area contributed by atoms with Crippen LogP contribution in [0.4, 0.5) is 5.69 Å². The quantitative estimate of drug-likeness (QED) is 0.703. The second kappa shape index (κ2) is 5.82. The summed E-state index contributed by atoms with van der Waals surface area (Å²) in [6, 6.07) is 11.3. The monoisotopic (exact) mass is 202 g/mol. The predicted octanol–water partition coefficient (Wildman–Crippen LogP) is 2.34. The van der Waals surface area contributed by atoms with Crippen molar-refractivity contribution < 1.29 is 4.79 Å². The van der Waals surface area contributed by atoms with Gasteiger partial charge in [-0.3, -0.25) is 9.69 Å². The lowest BCUT2D eigenvalue weighted by molar-refractivity contribution is -0.118. The number of para-hydroxylation sites is 1. The highest BCUT2D eigenvalue weighted by Gasteiger charge is 2.13. The summed E-state index contributed by atoms with van der Waals surface area (Å²) in [4.78, 5) is 13.2. The topological polar surface area (TPSA) is 44.1 Å². The van der Waals surface area contributed by atoms with E-state index in [1.807, 2.05) is 43.3 Å². The van der Waals surface area contributed by atoms with Crippen LogP contribution >= 0.6 is 0 Å². The maximum absolute atomic E-state index is 11.7. The van der Waals surface area contributed by atoms with Crippen molar-refractivity contribution in [2.45, 2.75) is 19.8 Å². The van der Waals surface area contributed by atoms with Crippen molar-refractivity contribution >= 4 is 11.6 Å². The van der Waals surface area contributed by atoms with Crippen molar-refractivity contribution in [3.63, 3.8) is 0 Å². The van der Waals surface area contributed by atoms with Crippen LogP contribution in [0.25, 0.3) is 0 Å². The molecule has 0 atom stereocenters. The van der Waals surface area contributed by atoms with Crippen molar-refractivity contribution in [2.75, 3.05) is 11.4 Å². The van der Waals surface area contributed by atoms with Crippen LogP contribution in [0.15, 0.2) is 30.3 Å². The molecule has 15 heavy (non-hydrogen) atoms. The first-order chi connectivity index (χ1) is 7.29. The number of hydrogen-bond donors (Lipinski definition) is 0. The summed E-state index contributed by atoms with van der Waals surface area (Å²) in [5.74, 6) is 0.00486. The van der Waals surface area contributed by atoms with Gasteiger partial charge in [-0.2, -0.15) is 5.26 Å². The van der Waals surface area contributed by atoms with E-state index in [-0.39, 0.29) is 12.5 Å². The van der Waals surface area contributed by atoms with Gasteiger partial charge >= 0.3 is 0 Å². The molecule has 3 nitrogen and oxygen atoms in total. The number of amides is 1. The number of anilines is 1. The fraction of sp³-hybridized carbons (Fsp3) is 0.333. The Kier molecular flexibility index (Phi) is 4.36. The third-order valence-electron chi connectivity index (χ3n) is 2.06. The molecule has 1 amide bonds. The van der Waals surface area contributed by atoms with Gasteiger partial charge in [0, 0.05) is 12.1 Å². The standard InChI is InChI=1S/C12H14N2O/c1-2-6-12(15)14(10-9-13)11-7-4-3-5-8-11/h3-5,7-8H,2,6,10H2,1H3. The number of nitrogens with zero attached hydrogens (tertiary/aromatic N) is 2. The molecule has 0 aromatic heterocycles. The Morgan fingerprint density at radius 3 is 2.60 bits per heavy atom. The summed E-state index contributed by atoms with van der Waals surface area (Å²) in [5.41, 5.74) is 0.789. The first kappa shape index (κ1) is 11.3. The molecule has 3 heteroatoms. The van der Waals surface area contributed by atoms with Crippen molar-refractivity contribution in [3.05, 3.63) is 30.3 Å². The second-order valence-corrected chi connectivity index (χ2v) is 3.22. The summed E-state index contributed by atoms with van der Waals surface area (Å²) in [5, 5.41) is 8.67. The van der Waals surface area contributed by atoms with Gasteiger partial charge in [0.25, 0.3) is 0 Å². The minimum absolute atomic E-state index is 0.00486. The first-order valence-corrected chi connectivity index (χ1v) is 5.02. The maximum atomic E-state index is 11.7. The highest BCUT2D eigenvalue weighted by Crippen LogP contribution is 2.14. The summed E-state index contributed by atoms with van der Waals surface area (Å²) < 4.78 is 0. The van der Waals surface area contributed by atoms with Gasteiger partial charge in [-0.1, -0.05) is 25.1 Å². The van der Waals surface area contributed by atoms with E-state index < -0.39 is 0 Å². The second-order valence-electron chi connectivity index (χ2n) is 3.22. The Hall–Kier alpha value is -1.82. The Morgan fingerprint density at radius 2 is 2.07 bits per heavy atom. The zero-order valence-electron chi connectivity index (χ0n) is 8.81. The number of benzene rings is 1. The van der Waals surface area contributed by atoms with Crippen molar-refractivity contribution in [1.29, 1.82) is 5.26 Å². The molecular weight excluding hydrogens is 188 g/mol. The summed E-state index contributed by atoms with van der Waals surface area (Å²) in [7, 11) is 0. The van der Waals surface area contributed by atoms with Gasteiger partial charge in [0.1, 0.15) is 6.54 Å².